The van der Waals surface area contributed by atoms with Gasteiger partial charge in [-0.3, -0.25) is 19.2 Å². The van der Waals surface area contributed by atoms with Gasteiger partial charge in [-0.2, -0.15) is 0 Å². The van der Waals surface area contributed by atoms with Crippen LogP contribution in [0, 0.1) is 5.41 Å². The lowest BCUT2D eigenvalue weighted by atomic mass is 9.78. The van der Waals surface area contributed by atoms with E-state index in [0.29, 0.717) is 27.3 Å². The Morgan fingerprint density at radius 3 is 2.51 bits per heavy atom. The molecule has 0 radical (unpaired) electrons. The summed E-state index contributed by atoms with van der Waals surface area (Å²) in [6, 6.07) is 18.4. The number of Topliss-reactive ketones (excluding diaryl/α,β-unsaturated/α-hetero) is 1. The van der Waals surface area contributed by atoms with Gasteiger partial charge in [0.05, 0.1) is 10.9 Å². The van der Waals surface area contributed by atoms with E-state index in [1.165, 1.54) is 6.07 Å². The number of carbonyl (C=O) groups is 3. The predicted octanol–water partition coefficient (Wildman–Crippen LogP) is 4.59. The largest absolute Gasteiger partial charge is 0.489 e. The second kappa shape index (κ2) is 11.2. The Morgan fingerprint density at radius 1 is 0.976 bits per heavy atom. The molecular weight excluding hydrogens is 554 g/mol. The van der Waals surface area contributed by atoms with Gasteiger partial charge in [0.1, 0.15) is 29.7 Å². The van der Waals surface area contributed by atoms with E-state index in [0.717, 1.165) is 16.5 Å². The van der Waals surface area contributed by atoms with Crippen LogP contribution >= 0.6 is 11.6 Å². The van der Waals surface area contributed by atoms with Gasteiger partial charge in [-0.1, -0.05) is 41.1 Å². The van der Waals surface area contributed by atoms with Crippen LogP contribution in [0.3, 0.4) is 0 Å². The van der Waals surface area contributed by atoms with Crippen LogP contribution in [0.15, 0.2) is 82.2 Å². The highest BCUT2D eigenvalue weighted by Gasteiger charge is 2.48. The Balaban J connectivity index is 1.36. The SMILES string of the molecule is O=C(CC(CCn1nnc2ccccc2c1=O)(C(=O)O)C(=O)O)c1coc2cc(OCc3cccc(Cl)c3)ccc12. The highest BCUT2D eigenvalue weighted by molar-refractivity contribution is 6.30. The third kappa shape index (κ3) is 5.52. The molecule has 2 N–H and O–H groups in total. The fourth-order valence-electron chi connectivity index (χ4n) is 4.49. The molecule has 5 aromatic rings. The van der Waals surface area contributed by atoms with E-state index in [1.807, 2.05) is 6.07 Å². The number of hydrogen-bond acceptors (Lipinski definition) is 8. The maximum Gasteiger partial charge on any atom is 0.321 e. The molecule has 41 heavy (non-hydrogen) atoms. The quantitative estimate of drug-likeness (QED) is 0.168. The number of aliphatic carboxylic acids is 2. The van der Waals surface area contributed by atoms with Crippen molar-refractivity contribution in [2.45, 2.75) is 26.0 Å². The number of carboxylic acids is 2. The minimum Gasteiger partial charge on any atom is -0.489 e. The van der Waals surface area contributed by atoms with E-state index in [-0.39, 0.29) is 24.1 Å². The normalized spacial score (nSPS) is 11.5. The van der Waals surface area contributed by atoms with E-state index in [1.54, 1.807) is 54.6 Å². The van der Waals surface area contributed by atoms with Crippen LogP contribution in [0.2, 0.25) is 5.02 Å². The number of carboxylic acid groups (broad SMARTS) is 2. The molecule has 0 saturated carbocycles. The van der Waals surface area contributed by atoms with Gasteiger partial charge in [0.15, 0.2) is 11.2 Å². The van der Waals surface area contributed by atoms with Gasteiger partial charge < -0.3 is 19.4 Å². The molecule has 2 aromatic heterocycles. The molecule has 0 fully saturated rings. The minimum absolute atomic E-state index is 0.0240. The van der Waals surface area contributed by atoms with Crippen molar-refractivity contribution in [1.82, 2.24) is 15.0 Å². The molecule has 0 atom stereocenters. The minimum atomic E-state index is -2.53. The number of furan rings is 1. The Morgan fingerprint density at radius 2 is 1.76 bits per heavy atom. The summed E-state index contributed by atoms with van der Waals surface area (Å²) in [5.74, 6) is -3.73. The van der Waals surface area contributed by atoms with Crippen LogP contribution < -0.4 is 10.3 Å². The summed E-state index contributed by atoms with van der Waals surface area (Å²) < 4.78 is 12.2. The van der Waals surface area contributed by atoms with Crippen molar-refractivity contribution in [2.75, 3.05) is 0 Å². The van der Waals surface area contributed by atoms with Gasteiger partial charge in [-0.25, -0.2) is 4.68 Å². The lowest BCUT2D eigenvalue weighted by Gasteiger charge is -2.24. The number of ketones is 1. The fraction of sp³-hybridized carbons (Fsp3) is 0.172. The van der Waals surface area contributed by atoms with Crippen molar-refractivity contribution in [3.8, 4) is 5.75 Å². The van der Waals surface area contributed by atoms with Crippen molar-refractivity contribution >= 4 is 51.2 Å². The number of nitrogens with zero attached hydrogens (tertiary/aromatic N) is 3. The maximum absolute atomic E-state index is 13.3. The van der Waals surface area contributed by atoms with Crippen molar-refractivity contribution in [3.63, 3.8) is 0 Å². The van der Waals surface area contributed by atoms with Crippen LogP contribution in [0.4, 0.5) is 0 Å². The summed E-state index contributed by atoms with van der Waals surface area (Å²) in [4.78, 5) is 50.7. The first-order valence-electron chi connectivity index (χ1n) is 12.4. The van der Waals surface area contributed by atoms with Crippen molar-refractivity contribution in [2.24, 2.45) is 5.41 Å². The average molecular weight is 576 g/mol. The molecular formula is C29H22ClN3O8. The Labute approximate surface area is 236 Å². The first-order valence-corrected chi connectivity index (χ1v) is 12.8. The second-order valence-electron chi connectivity index (χ2n) is 9.40. The summed E-state index contributed by atoms with van der Waals surface area (Å²) in [6.07, 6.45) is -0.315. The Kier molecular flexibility index (Phi) is 7.54. The predicted molar refractivity (Wildman–Crippen MR) is 147 cm³/mol. The summed E-state index contributed by atoms with van der Waals surface area (Å²) in [5, 5.41) is 28.9. The summed E-state index contributed by atoms with van der Waals surface area (Å²) in [7, 11) is 0. The zero-order valence-corrected chi connectivity index (χ0v) is 22.1. The topological polar surface area (TPSA) is 162 Å². The first-order chi connectivity index (χ1) is 19.7. The standard InChI is InChI=1S/C29H22ClN3O8/c30-18-5-3-4-17(12-18)15-40-19-8-9-20-22(16-41-25(20)13-19)24(34)14-29(27(36)37,28(38)39)10-11-33-26(35)21-6-1-2-7-23(21)31-32-33/h1-9,12-13,16H,10-11,14-15H2,(H,36,37)(H,38,39). The van der Waals surface area contributed by atoms with Crippen LogP contribution in [0.1, 0.15) is 28.8 Å². The van der Waals surface area contributed by atoms with Crippen LogP contribution in [0.5, 0.6) is 5.75 Å². The van der Waals surface area contributed by atoms with Crippen molar-refractivity contribution < 1.29 is 33.8 Å². The highest BCUT2D eigenvalue weighted by Crippen LogP contribution is 2.33. The number of carbonyl (C=O) groups excluding carboxylic acids is 1. The van der Waals surface area contributed by atoms with E-state index in [2.05, 4.69) is 10.3 Å². The number of halogens is 1. The lowest BCUT2D eigenvalue weighted by Crippen LogP contribution is -2.43. The number of hydrogen-bond donors (Lipinski definition) is 2. The fourth-order valence-corrected chi connectivity index (χ4v) is 4.70. The van der Waals surface area contributed by atoms with Gasteiger partial charge in [0, 0.05) is 29.4 Å². The molecule has 12 heteroatoms. The van der Waals surface area contributed by atoms with Crippen molar-refractivity contribution in [1.29, 1.82) is 0 Å². The molecule has 208 valence electrons. The summed E-state index contributed by atoms with van der Waals surface area (Å²) >= 11 is 6.00. The molecule has 0 unspecified atom stereocenters. The molecule has 3 aromatic carbocycles. The molecule has 11 nitrogen and oxygen atoms in total. The molecule has 0 aliphatic heterocycles. The first kappa shape index (κ1) is 27.5. The van der Waals surface area contributed by atoms with Crippen LogP contribution in [-0.2, 0) is 22.7 Å². The van der Waals surface area contributed by atoms with Crippen LogP contribution in [-0.4, -0.2) is 42.9 Å². The number of rotatable bonds is 11. The van der Waals surface area contributed by atoms with E-state index >= 15 is 0 Å². The number of fused-ring (bicyclic) bond motifs is 2. The molecule has 0 bridgehead atoms. The van der Waals surface area contributed by atoms with Gasteiger partial charge in [-0.05, 0) is 48.4 Å². The van der Waals surface area contributed by atoms with Crippen molar-refractivity contribution in [3.05, 3.63) is 99.5 Å². The highest BCUT2D eigenvalue weighted by atomic mass is 35.5. The van der Waals surface area contributed by atoms with Gasteiger partial charge in [-0.15, -0.1) is 5.10 Å². The van der Waals surface area contributed by atoms with Gasteiger partial charge in [0.2, 0.25) is 0 Å². The molecule has 2 heterocycles. The third-order valence-electron chi connectivity index (χ3n) is 6.80. The molecule has 0 aliphatic rings. The maximum atomic E-state index is 13.3. The Hall–Kier alpha value is -5.03. The number of aryl methyl sites for hydroxylation is 1. The Bertz CT molecular complexity index is 1850. The molecule has 0 aliphatic carbocycles. The number of aromatic nitrogens is 3. The second-order valence-corrected chi connectivity index (χ2v) is 9.84. The zero-order chi connectivity index (χ0) is 29.1. The average Bonchev–Trinajstić information content (AvgIpc) is 3.38. The van der Waals surface area contributed by atoms with E-state index in [4.69, 9.17) is 20.8 Å². The summed E-state index contributed by atoms with van der Waals surface area (Å²) in [5.41, 5.74) is -1.57. The van der Waals surface area contributed by atoms with Crippen LogP contribution in [0.25, 0.3) is 21.9 Å². The number of ether oxygens (including phenoxy) is 1. The lowest BCUT2D eigenvalue weighted by molar-refractivity contribution is -0.165. The molecule has 5 rings (SSSR count). The van der Waals surface area contributed by atoms with Gasteiger partial charge in [0.25, 0.3) is 5.56 Å². The van der Waals surface area contributed by atoms with Gasteiger partial charge >= 0.3 is 11.9 Å². The summed E-state index contributed by atoms with van der Waals surface area (Å²) in [6.45, 7) is -0.148. The monoisotopic (exact) mass is 575 g/mol. The van der Waals surface area contributed by atoms with E-state index in [9.17, 15) is 29.4 Å². The molecule has 0 spiro atoms. The smallest absolute Gasteiger partial charge is 0.321 e. The zero-order valence-electron chi connectivity index (χ0n) is 21.3. The number of benzene rings is 3. The molecule has 0 saturated heterocycles. The van der Waals surface area contributed by atoms with E-state index < -0.39 is 41.5 Å². The molecule has 0 amide bonds. The third-order valence-corrected chi connectivity index (χ3v) is 7.04.